The number of halogens is 1. The molecule has 3 atom stereocenters. The number of fused-ring (bicyclic) bond motifs is 3. The van der Waals surface area contributed by atoms with Gasteiger partial charge in [-0.15, -0.1) is 0 Å². The monoisotopic (exact) mass is 383 g/mol. The maximum atomic E-state index is 12.2. The summed E-state index contributed by atoms with van der Waals surface area (Å²) in [5, 5.41) is 3.64. The Balaban J connectivity index is 1.85. The summed E-state index contributed by atoms with van der Waals surface area (Å²) in [6, 6.07) is 14.3. The van der Waals surface area contributed by atoms with Crippen LogP contribution in [0.25, 0.3) is 0 Å². The van der Waals surface area contributed by atoms with E-state index in [1.54, 1.807) is 0 Å². The van der Waals surface area contributed by atoms with Crippen LogP contribution in [0.1, 0.15) is 39.9 Å². The van der Waals surface area contributed by atoms with Crippen LogP contribution in [0.15, 0.2) is 59.1 Å². The molecule has 0 saturated heterocycles. The van der Waals surface area contributed by atoms with Crippen LogP contribution in [0.5, 0.6) is 0 Å². The molecule has 3 nitrogen and oxygen atoms in total. The molecule has 0 unspecified atom stereocenters. The first-order valence-corrected chi connectivity index (χ1v) is 8.89. The minimum Gasteiger partial charge on any atom is -0.465 e. The number of carbonyl (C=O) groups is 1. The lowest BCUT2D eigenvalue weighted by molar-refractivity contribution is 0.0601. The zero-order valence-corrected chi connectivity index (χ0v) is 14.9. The summed E-state index contributed by atoms with van der Waals surface area (Å²) < 4.78 is 6.06. The minimum absolute atomic E-state index is 0.152. The number of hydrogen-bond donors (Lipinski definition) is 1. The van der Waals surface area contributed by atoms with Gasteiger partial charge in [-0.1, -0.05) is 58.4 Å². The largest absolute Gasteiger partial charge is 0.465 e. The van der Waals surface area contributed by atoms with Crippen LogP contribution in [-0.2, 0) is 4.74 Å². The molecule has 24 heavy (non-hydrogen) atoms. The molecule has 0 spiro atoms. The smallest absolute Gasteiger partial charge is 0.339 e. The second kappa shape index (κ2) is 6.10. The lowest BCUT2D eigenvalue weighted by Gasteiger charge is -2.38. The highest BCUT2D eigenvalue weighted by Crippen LogP contribution is 2.51. The van der Waals surface area contributed by atoms with Crippen molar-refractivity contribution in [2.75, 3.05) is 12.4 Å². The Labute approximate surface area is 149 Å². The van der Waals surface area contributed by atoms with Crippen molar-refractivity contribution in [1.82, 2.24) is 0 Å². The van der Waals surface area contributed by atoms with E-state index in [0.29, 0.717) is 17.4 Å². The maximum Gasteiger partial charge on any atom is 0.339 e. The molecule has 0 amide bonds. The number of allylic oxidation sites excluding steroid dienone is 2. The van der Waals surface area contributed by atoms with E-state index in [2.05, 4.69) is 57.7 Å². The van der Waals surface area contributed by atoms with Gasteiger partial charge in [0.2, 0.25) is 0 Å². The van der Waals surface area contributed by atoms with Crippen molar-refractivity contribution in [3.05, 3.63) is 75.8 Å². The van der Waals surface area contributed by atoms with Crippen molar-refractivity contribution in [3.8, 4) is 0 Å². The average Bonchev–Trinajstić information content (AvgIpc) is 3.10. The minimum atomic E-state index is -0.300. The van der Waals surface area contributed by atoms with E-state index in [-0.39, 0.29) is 12.0 Å². The zero-order chi connectivity index (χ0) is 16.7. The van der Waals surface area contributed by atoms with Crippen LogP contribution in [0.2, 0.25) is 0 Å². The van der Waals surface area contributed by atoms with E-state index < -0.39 is 0 Å². The molecule has 122 valence electrons. The third-order valence-electron chi connectivity index (χ3n) is 5.04. The van der Waals surface area contributed by atoms with Crippen LogP contribution < -0.4 is 5.32 Å². The standard InChI is InChI=1S/C20H18BrNO2/c1-24-20(23)16-10-5-9-14-12-7-4-8-13(12)18(22-19(14)16)15-6-2-3-11-17(15)21/h2-7,9-13,18,22H,8H2,1H3/t12-,13-,18+/m1/s1. The van der Waals surface area contributed by atoms with Gasteiger partial charge in [0.15, 0.2) is 0 Å². The second-order valence-electron chi connectivity index (χ2n) is 6.26. The molecule has 0 bridgehead atoms. The number of rotatable bonds is 2. The van der Waals surface area contributed by atoms with Gasteiger partial charge in [0.05, 0.1) is 24.4 Å². The van der Waals surface area contributed by atoms with Gasteiger partial charge < -0.3 is 10.1 Å². The van der Waals surface area contributed by atoms with Crippen LogP contribution in [0, 0.1) is 5.92 Å². The summed E-state index contributed by atoms with van der Waals surface area (Å²) >= 11 is 3.68. The van der Waals surface area contributed by atoms with Crippen molar-refractivity contribution in [1.29, 1.82) is 0 Å². The first-order chi connectivity index (χ1) is 11.7. The zero-order valence-electron chi connectivity index (χ0n) is 13.3. The van der Waals surface area contributed by atoms with E-state index in [0.717, 1.165) is 16.6 Å². The molecule has 2 aromatic carbocycles. The molecular weight excluding hydrogens is 366 g/mol. The van der Waals surface area contributed by atoms with Crippen LogP contribution in [0.4, 0.5) is 5.69 Å². The number of anilines is 1. The Morgan fingerprint density at radius 2 is 1.96 bits per heavy atom. The van der Waals surface area contributed by atoms with Crippen molar-refractivity contribution < 1.29 is 9.53 Å². The van der Waals surface area contributed by atoms with Crippen LogP contribution >= 0.6 is 15.9 Å². The molecule has 0 saturated carbocycles. The topological polar surface area (TPSA) is 38.3 Å². The fourth-order valence-corrected chi connectivity index (χ4v) is 4.47. The van der Waals surface area contributed by atoms with Gasteiger partial charge in [-0.05, 0) is 35.6 Å². The summed E-state index contributed by atoms with van der Waals surface area (Å²) in [5.41, 5.74) is 3.91. The quantitative estimate of drug-likeness (QED) is 0.581. The molecule has 2 aromatic rings. The number of carbonyl (C=O) groups excluding carboxylic acids is 1. The van der Waals surface area contributed by atoms with E-state index in [4.69, 9.17) is 4.74 Å². The molecule has 0 aromatic heterocycles. The second-order valence-corrected chi connectivity index (χ2v) is 7.11. The Bertz CT molecular complexity index is 830. The average molecular weight is 384 g/mol. The molecule has 1 aliphatic carbocycles. The van der Waals surface area contributed by atoms with Crippen LogP contribution in [0.3, 0.4) is 0 Å². The highest BCUT2D eigenvalue weighted by Gasteiger charge is 2.39. The Hall–Kier alpha value is -2.07. The highest BCUT2D eigenvalue weighted by molar-refractivity contribution is 9.10. The molecule has 4 rings (SSSR count). The third-order valence-corrected chi connectivity index (χ3v) is 5.76. The van der Waals surface area contributed by atoms with Crippen molar-refractivity contribution in [2.45, 2.75) is 18.4 Å². The summed E-state index contributed by atoms with van der Waals surface area (Å²) in [6.45, 7) is 0. The first kappa shape index (κ1) is 15.5. The fourth-order valence-electron chi connectivity index (χ4n) is 3.94. The van der Waals surface area contributed by atoms with Gasteiger partial charge in [-0.3, -0.25) is 0 Å². The summed E-state index contributed by atoms with van der Waals surface area (Å²) in [5.74, 6) is 0.470. The van der Waals surface area contributed by atoms with E-state index in [9.17, 15) is 4.79 Å². The lowest BCUT2D eigenvalue weighted by atomic mass is 9.76. The van der Waals surface area contributed by atoms with Gasteiger partial charge >= 0.3 is 5.97 Å². The molecule has 4 heteroatoms. The number of ether oxygens (including phenoxy) is 1. The Morgan fingerprint density at radius 1 is 1.17 bits per heavy atom. The summed E-state index contributed by atoms with van der Waals surface area (Å²) in [4.78, 5) is 12.2. The predicted molar refractivity (Wildman–Crippen MR) is 98.3 cm³/mol. The molecule has 0 fully saturated rings. The molecule has 1 N–H and O–H groups in total. The van der Waals surface area contributed by atoms with Gasteiger partial charge in [0, 0.05) is 10.4 Å². The number of hydrogen-bond acceptors (Lipinski definition) is 3. The van der Waals surface area contributed by atoms with Gasteiger partial charge in [-0.25, -0.2) is 4.79 Å². The van der Waals surface area contributed by atoms with Crippen molar-refractivity contribution in [3.63, 3.8) is 0 Å². The van der Waals surface area contributed by atoms with E-state index in [1.807, 2.05) is 18.2 Å². The van der Waals surface area contributed by atoms with Gasteiger partial charge in [-0.2, -0.15) is 0 Å². The lowest BCUT2D eigenvalue weighted by Crippen LogP contribution is -2.30. The normalized spacial score (nSPS) is 24.0. The van der Waals surface area contributed by atoms with E-state index >= 15 is 0 Å². The van der Waals surface area contributed by atoms with Crippen LogP contribution in [-0.4, -0.2) is 13.1 Å². The molecule has 0 radical (unpaired) electrons. The van der Waals surface area contributed by atoms with Gasteiger partial charge in [0.25, 0.3) is 0 Å². The number of benzene rings is 2. The van der Waals surface area contributed by atoms with Gasteiger partial charge in [0.1, 0.15) is 0 Å². The fraction of sp³-hybridized carbons (Fsp3) is 0.250. The third kappa shape index (κ3) is 2.37. The Kier molecular flexibility index (Phi) is 3.93. The number of nitrogens with one attached hydrogen (secondary N) is 1. The first-order valence-electron chi connectivity index (χ1n) is 8.09. The number of methoxy groups -OCH3 is 1. The molecular formula is C20H18BrNO2. The SMILES string of the molecule is COC(=O)c1cccc2c1N[C@H](c1ccccc1Br)[C@@H]1CC=C[C@@H]21. The number of para-hydroxylation sites is 1. The maximum absolute atomic E-state index is 12.2. The highest BCUT2D eigenvalue weighted by atomic mass is 79.9. The molecule has 1 aliphatic heterocycles. The van der Waals surface area contributed by atoms with Crippen molar-refractivity contribution in [2.24, 2.45) is 5.92 Å². The summed E-state index contributed by atoms with van der Waals surface area (Å²) in [7, 11) is 1.42. The van der Waals surface area contributed by atoms with E-state index in [1.165, 1.54) is 18.2 Å². The summed E-state index contributed by atoms with van der Waals surface area (Å²) in [6.07, 6.45) is 5.56. The Morgan fingerprint density at radius 3 is 2.75 bits per heavy atom. The van der Waals surface area contributed by atoms with Crippen molar-refractivity contribution >= 4 is 27.6 Å². The number of esters is 1. The predicted octanol–water partition coefficient (Wildman–Crippen LogP) is 5.06. The molecule has 1 heterocycles. The molecule has 2 aliphatic rings.